The molecular formula is C15H26N8OS. The molecule has 2 heterocycles. The van der Waals surface area contributed by atoms with Gasteiger partial charge in [0.15, 0.2) is 5.16 Å². The fourth-order valence-corrected chi connectivity index (χ4v) is 2.76. The molecule has 138 valence electrons. The molecule has 0 aromatic carbocycles. The number of amides is 1. The SMILES string of the molecule is CCNc1nc(NCC)n2c(SCC(=O)NC(C)(C)CC)nnc2n1. The maximum absolute atomic E-state index is 12.2. The summed E-state index contributed by atoms with van der Waals surface area (Å²) >= 11 is 1.31. The second-order valence-corrected chi connectivity index (χ2v) is 7.07. The van der Waals surface area contributed by atoms with E-state index in [2.05, 4.69) is 36.1 Å². The first-order valence-electron chi connectivity index (χ1n) is 8.44. The maximum atomic E-state index is 12.2. The van der Waals surface area contributed by atoms with Gasteiger partial charge in [-0.1, -0.05) is 18.7 Å². The molecule has 3 N–H and O–H groups in total. The lowest BCUT2D eigenvalue weighted by Crippen LogP contribution is -2.43. The molecule has 2 aromatic rings. The van der Waals surface area contributed by atoms with E-state index in [4.69, 9.17) is 0 Å². The van der Waals surface area contributed by atoms with Gasteiger partial charge in [-0.15, -0.1) is 10.2 Å². The Morgan fingerprint density at radius 2 is 1.84 bits per heavy atom. The fraction of sp³-hybridized carbons (Fsp3) is 0.667. The van der Waals surface area contributed by atoms with Crippen LogP contribution in [0.3, 0.4) is 0 Å². The van der Waals surface area contributed by atoms with E-state index in [1.807, 2.05) is 34.6 Å². The van der Waals surface area contributed by atoms with Crippen LogP contribution in [0.25, 0.3) is 5.78 Å². The van der Waals surface area contributed by atoms with Crippen LogP contribution in [-0.4, -0.2) is 54.9 Å². The lowest BCUT2D eigenvalue weighted by molar-refractivity contribution is -0.120. The van der Waals surface area contributed by atoms with Gasteiger partial charge in [0.05, 0.1) is 5.75 Å². The van der Waals surface area contributed by atoms with Crippen LogP contribution in [0.15, 0.2) is 5.16 Å². The minimum Gasteiger partial charge on any atom is -0.355 e. The van der Waals surface area contributed by atoms with Crippen molar-refractivity contribution in [3.63, 3.8) is 0 Å². The topological polar surface area (TPSA) is 109 Å². The van der Waals surface area contributed by atoms with Gasteiger partial charge in [-0.2, -0.15) is 9.97 Å². The first-order valence-corrected chi connectivity index (χ1v) is 9.43. The maximum Gasteiger partial charge on any atom is 0.261 e. The zero-order chi connectivity index (χ0) is 18.4. The molecule has 2 rings (SSSR count). The third-order valence-electron chi connectivity index (χ3n) is 3.61. The summed E-state index contributed by atoms with van der Waals surface area (Å²) in [4.78, 5) is 20.9. The molecule has 0 aliphatic rings. The Morgan fingerprint density at radius 3 is 2.48 bits per heavy atom. The molecule has 10 heteroatoms. The zero-order valence-corrected chi connectivity index (χ0v) is 16.2. The van der Waals surface area contributed by atoms with Crippen molar-refractivity contribution in [3.8, 4) is 0 Å². The van der Waals surface area contributed by atoms with Crippen molar-refractivity contribution >= 4 is 35.3 Å². The number of hydrogen-bond acceptors (Lipinski definition) is 8. The highest BCUT2D eigenvalue weighted by Gasteiger charge is 2.20. The van der Waals surface area contributed by atoms with Crippen molar-refractivity contribution in [2.75, 3.05) is 29.5 Å². The normalized spacial score (nSPS) is 11.6. The third kappa shape index (κ3) is 4.94. The van der Waals surface area contributed by atoms with E-state index in [1.54, 1.807) is 4.40 Å². The zero-order valence-electron chi connectivity index (χ0n) is 15.4. The summed E-state index contributed by atoms with van der Waals surface area (Å²) in [5, 5.41) is 18.1. The van der Waals surface area contributed by atoms with E-state index in [1.165, 1.54) is 11.8 Å². The molecule has 0 unspecified atom stereocenters. The summed E-state index contributed by atoms with van der Waals surface area (Å²) in [7, 11) is 0. The number of nitrogens with zero attached hydrogens (tertiary/aromatic N) is 5. The fourth-order valence-electron chi connectivity index (χ4n) is 2.03. The van der Waals surface area contributed by atoms with Crippen LogP contribution in [-0.2, 0) is 4.79 Å². The van der Waals surface area contributed by atoms with Crippen LogP contribution in [0.2, 0.25) is 0 Å². The highest BCUT2D eigenvalue weighted by molar-refractivity contribution is 7.99. The van der Waals surface area contributed by atoms with Gasteiger partial charge in [-0.3, -0.25) is 4.79 Å². The number of hydrogen-bond donors (Lipinski definition) is 3. The van der Waals surface area contributed by atoms with E-state index in [0.717, 1.165) is 6.42 Å². The molecule has 25 heavy (non-hydrogen) atoms. The van der Waals surface area contributed by atoms with Crippen LogP contribution < -0.4 is 16.0 Å². The van der Waals surface area contributed by atoms with E-state index >= 15 is 0 Å². The molecule has 0 saturated heterocycles. The molecule has 0 bridgehead atoms. The summed E-state index contributed by atoms with van der Waals surface area (Å²) in [6.07, 6.45) is 0.864. The van der Waals surface area contributed by atoms with Crippen molar-refractivity contribution in [3.05, 3.63) is 0 Å². The number of nitrogens with one attached hydrogen (secondary N) is 3. The van der Waals surface area contributed by atoms with Gasteiger partial charge >= 0.3 is 0 Å². The molecule has 0 radical (unpaired) electrons. The molecule has 0 saturated carbocycles. The Labute approximate surface area is 151 Å². The van der Waals surface area contributed by atoms with Gasteiger partial charge in [0, 0.05) is 18.6 Å². The van der Waals surface area contributed by atoms with Crippen LogP contribution in [0, 0.1) is 0 Å². The standard InChI is InChI=1S/C15H26N8OS/c1-6-15(4,5)20-10(24)9-25-14-22-21-13-19-11(16-7-2)18-12(17-8-3)23(13)14/h6-9H2,1-5H3,(H,20,24)(H2,16,17,18,19,21). The molecule has 2 aromatic heterocycles. The molecule has 0 atom stereocenters. The lowest BCUT2D eigenvalue weighted by atomic mass is 10.0. The van der Waals surface area contributed by atoms with E-state index < -0.39 is 0 Å². The molecule has 0 fully saturated rings. The van der Waals surface area contributed by atoms with Crippen molar-refractivity contribution < 1.29 is 4.79 Å². The van der Waals surface area contributed by atoms with Crippen molar-refractivity contribution in [2.24, 2.45) is 0 Å². The Hall–Kier alpha value is -2.10. The summed E-state index contributed by atoms with van der Waals surface area (Å²) in [6, 6.07) is 0. The largest absolute Gasteiger partial charge is 0.355 e. The monoisotopic (exact) mass is 366 g/mol. The number of carbonyl (C=O) groups is 1. The third-order valence-corrected chi connectivity index (χ3v) is 4.54. The average molecular weight is 366 g/mol. The predicted molar refractivity (Wildman–Crippen MR) is 100 cm³/mol. The first-order chi connectivity index (χ1) is 11.9. The average Bonchev–Trinajstić information content (AvgIpc) is 2.96. The van der Waals surface area contributed by atoms with Crippen molar-refractivity contribution in [1.29, 1.82) is 0 Å². The second kappa shape index (κ2) is 8.32. The number of aromatic nitrogens is 5. The molecule has 1 amide bonds. The van der Waals surface area contributed by atoms with E-state index in [9.17, 15) is 4.79 Å². The molecule has 0 aliphatic heterocycles. The highest BCUT2D eigenvalue weighted by Crippen LogP contribution is 2.21. The predicted octanol–water partition coefficient (Wildman–Crippen LogP) is 1.78. The van der Waals surface area contributed by atoms with Gasteiger partial charge < -0.3 is 16.0 Å². The van der Waals surface area contributed by atoms with Crippen LogP contribution in [0.4, 0.5) is 11.9 Å². The van der Waals surface area contributed by atoms with E-state index in [-0.39, 0.29) is 17.2 Å². The second-order valence-electron chi connectivity index (χ2n) is 6.12. The molecule has 9 nitrogen and oxygen atoms in total. The Bertz CT molecular complexity index is 730. The minimum absolute atomic E-state index is 0.0382. The molecular weight excluding hydrogens is 340 g/mol. The number of fused-ring (bicyclic) bond motifs is 1. The number of anilines is 2. The van der Waals surface area contributed by atoms with E-state index in [0.29, 0.717) is 35.9 Å². The van der Waals surface area contributed by atoms with Crippen molar-refractivity contribution in [1.82, 2.24) is 29.9 Å². The van der Waals surface area contributed by atoms with Crippen LogP contribution in [0.5, 0.6) is 0 Å². The molecule has 0 spiro atoms. The summed E-state index contributed by atoms with van der Waals surface area (Å²) in [5.41, 5.74) is -0.219. The Morgan fingerprint density at radius 1 is 1.12 bits per heavy atom. The Kier molecular flexibility index (Phi) is 6.40. The van der Waals surface area contributed by atoms with Gasteiger partial charge in [-0.05, 0) is 34.1 Å². The van der Waals surface area contributed by atoms with Crippen LogP contribution in [0.1, 0.15) is 41.0 Å². The summed E-state index contributed by atoms with van der Waals surface area (Å²) < 4.78 is 1.73. The minimum atomic E-state index is -0.219. The Balaban J connectivity index is 2.20. The van der Waals surface area contributed by atoms with Gasteiger partial charge in [0.25, 0.3) is 5.78 Å². The van der Waals surface area contributed by atoms with Gasteiger partial charge in [-0.25, -0.2) is 4.40 Å². The van der Waals surface area contributed by atoms with Gasteiger partial charge in [0.2, 0.25) is 17.8 Å². The number of carbonyl (C=O) groups excluding carboxylic acids is 1. The summed E-state index contributed by atoms with van der Waals surface area (Å²) in [5.74, 6) is 1.76. The first kappa shape index (κ1) is 19.2. The number of rotatable bonds is 9. The van der Waals surface area contributed by atoms with Gasteiger partial charge in [0.1, 0.15) is 0 Å². The smallest absolute Gasteiger partial charge is 0.261 e. The van der Waals surface area contributed by atoms with Crippen LogP contribution >= 0.6 is 11.8 Å². The van der Waals surface area contributed by atoms with Crippen molar-refractivity contribution in [2.45, 2.75) is 51.7 Å². The lowest BCUT2D eigenvalue weighted by Gasteiger charge is -2.24. The number of thioether (sulfide) groups is 1. The highest BCUT2D eigenvalue weighted by atomic mass is 32.2. The molecule has 0 aliphatic carbocycles. The summed E-state index contributed by atoms with van der Waals surface area (Å²) in [6.45, 7) is 11.4. The quantitative estimate of drug-likeness (QED) is 0.576.